The van der Waals surface area contributed by atoms with Gasteiger partial charge in [0, 0.05) is 0 Å². The molecule has 0 aromatic rings. The predicted molar refractivity (Wildman–Crippen MR) is 83.6 cm³/mol. The van der Waals surface area contributed by atoms with Crippen LogP contribution in [0.4, 0.5) is 0 Å². The zero-order valence-corrected chi connectivity index (χ0v) is 13.5. The maximum absolute atomic E-state index is 10.1. The molecule has 0 heterocycles. The lowest BCUT2D eigenvalue weighted by molar-refractivity contribution is -0.0706. The second-order valence-corrected chi connectivity index (χ2v) is 7.35. The summed E-state index contributed by atoms with van der Waals surface area (Å²) in [6.07, 6.45) is 0.733. The number of rotatable bonds is 12. The zero-order chi connectivity index (χ0) is 14.7. The first-order valence-corrected chi connectivity index (χ1v) is 9.06. The van der Waals surface area contributed by atoms with E-state index in [0.717, 1.165) is 37.2 Å². The largest absolute Gasteiger partial charge is 0.394 e. The van der Waals surface area contributed by atoms with Gasteiger partial charge in [-0.1, -0.05) is 26.7 Å². The molecule has 116 valence electrons. The summed E-state index contributed by atoms with van der Waals surface area (Å²) in [5, 5.41) is 38.1. The first-order valence-electron chi connectivity index (χ1n) is 6.96. The lowest BCUT2D eigenvalue weighted by Gasteiger charge is -2.28. The van der Waals surface area contributed by atoms with E-state index in [9.17, 15) is 15.3 Å². The molecule has 0 rings (SSSR count). The minimum atomic E-state index is -1.29. The van der Waals surface area contributed by atoms with Crippen LogP contribution in [0.25, 0.3) is 0 Å². The number of thioether (sulfide) groups is 2. The SMILES string of the molecule is CCCCSC(SCCCC)[C@H](O)[C@@H](O)[C@@H](O)CO. The summed E-state index contributed by atoms with van der Waals surface area (Å²) in [6.45, 7) is 3.69. The van der Waals surface area contributed by atoms with E-state index >= 15 is 0 Å². The average Bonchev–Trinajstić information content (AvgIpc) is 2.43. The molecule has 19 heavy (non-hydrogen) atoms. The monoisotopic (exact) mass is 312 g/mol. The van der Waals surface area contributed by atoms with E-state index in [1.165, 1.54) is 0 Å². The van der Waals surface area contributed by atoms with Gasteiger partial charge in [0.05, 0.1) is 11.2 Å². The Morgan fingerprint density at radius 2 is 1.32 bits per heavy atom. The molecule has 0 bridgehead atoms. The molecule has 0 amide bonds. The zero-order valence-electron chi connectivity index (χ0n) is 11.9. The Morgan fingerprint density at radius 3 is 1.68 bits per heavy atom. The van der Waals surface area contributed by atoms with Crippen molar-refractivity contribution in [2.45, 2.75) is 62.4 Å². The second kappa shape index (κ2) is 12.3. The Morgan fingerprint density at radius 1 is 0.842 bits per heavy atom. The van der Waals surface area contributed by atoms with Crippen LogP contribution in [0.15, 0.2) is 0 Å². The van der Waals surface area contributed by atoms with Gasteiger partial charge < -0.3 is 20.4 Å². The van der Waals surface area contributed by atoms with Crippen molar-refractivity contribution in [3.8, 4) is 0 Å². The molecule has 0 saturated carbocycles. The molecule has 4 N–H and O–H groups in total. The molecule has 4 nitrogen and oxygen atoms in total. The van der Waals surface area contributed by atoms with Gasteiger partial charge in [-0.25, -0.2) is 0 Å². The molecule has 0 aliphatic carbocycles. The summed E-state index contributed by atoms with van der Waals surface area (Å²) in [6, 6.07) is 0. The van der Waals surface area contributed by atoms with Crippen molar-refractivity contribution in [3.05, 3.63) is 0 Å². The molecule has 0 aliphatic rings. The van der Waals surface area contributed by atoms with E-state index in [2.05, 4.69) is 13.8 Å². The number of aliphatic hydroxyl groups is 4. The molecule has 0 aromatic carbocycles. The van der Waals surface area contributed by atoms with E-state index in [-0.39, 0.29) is 4.58 Å². The van der Waals surface area contributed by atoms with Crippen molar-refractivity contribution in [1.29, 1.82) is 0 Å². The molecule has 0 unspecified atom stereocenters. The quantitative estimate of drug-likeness (QED) is 0.323. The van der Waals surface area contributed by atoms with Crippen LogP contribution in [0, 0.1) is 0 Å². The summed E-state index contributed by atoms with van der Waals surface area (Å²) < 4.78 is -0.158. The van der Waals surface area contributed by atoms with E-state index in [4.69, 9.17) is 5.11 Å². The maximum atomic E-state index is 10.1. The fraction of sp³-hybridized carbons (Fsp3) is 1.00. The standard InChI is InChI=1S/C13H28O4S2/c1-3-5-7-18-13(19-8-6-4-2)12(17)11(16)10(15)9-14/h10-17H,3-9H2,1-2H3/t10-,11-,12+/m0/s1. The molecule has 6 heteroatoms. The van der Waals surface area contributed by atoms with Gasteiger partial charge in [-0.05, 0) is 24.3 Å². The molecular weight excluding hydrogens is 284 g/mol. The molecule has 0 aliphatic heterocycles. The van der Waals surface area contributed by atoms with Gasteiger partial charge in [-0.2, -0.15) is 0 Å². The fourth-order valence-corrected chi connectivity index (χ4v) is 4.48. The Kier molecular flexibility index (Phi) is 12.6. The Hall–Kier alpha value is 0.540. The molecule has 0 saturated heterocycles. The van der Waals surface area contributed by atoms with Gasteiger partial charge in [0.1, 0.15) is 18.3 Å². The first-order chi connectivity index (χ1) is 9.08. The third-order valence-electron chi connectivity index (χ3n) is 2.77. The van der Waals surface area contributed by atoms with Gasteiger partial charge in [-0.3, -0.25) is 0 Å². The van der Waals surface area contributed by atoms with Gasteiger partial charge in [0.2, 0.25) is 0 Å². The van der Waals surface area contributed by atoms with E-state index in [0.29, 0.717) is 0 Å². The van der Waals surface area contributed by atoms with Crippen LogP contribution < -0.4 is 0 Å². The van der Waals surface area contributed by atoms with Gasteiger partial charge in [-0.15, -0.1) is 23.5 Å². The van der Waals surface area contributed by atoms with Crippen LogP contribution in [0.3, 0.4) is 0 Å². The van der Waals surface area contributed by atoms with Crippen LogP contribution in [0.5, 0.6) is 0 Å². The van der Waals surface area contributed by atoms with Gasteiger partial charge in [0.25, 0.3) is 0 Å². The highest BCUT2D eigenvalue weighted by Crippen LogP contribution is 2.30. The maximum Gasteiger partial charge on any atom is 0.110 e. The smallest absolute Gasteiger partial charge is 0.110 e. The summed E-state index contributed by atoms with van der Waals surface area (Å²) in [7, 11) is 0. The van der Waals surface area contributed by atoms with Crippen LogP contribution in [0.2, 0.25) is 0 Å². The lowest BCUT2D eigenvalue weighted by atomic mass is 10.1. The van der Waals surface area contributed by atoms with Crippen molar-refractivity contribution in [3.63, 3.8) is 0 Å². The average molecular weight is 312 g/mol. The third kappa shape index (κ3) is 8.42. The van der Waals surface area contributed by atoms with E-state index < -0.39 is 24.9 Å². The molecular formula is C13H28O4S2. The summed E-state index contributed by atoms with van der Waals surface area (Å²) >= 11 is 3.24. The highest BCUT2D eigenvalue weighted by atomic mass is 32.2. The van der Waals surface area contributed by atoms with E-state index in [1.807, 2.05) is 0 Å². The molecule has 3 atom stereocenters. The number of hydrogen-bond donors (Lipinski definition) is 4. The number of aliphatic hydroxyl groups excluding tert-OH is 4. The predicted octanol–water partition coefficient (Wildman–Crippen LogP) is 1.45. The lowest BCUT2D eigenvalue weighted by Crippen LogP contribution is -2.44. The minimum absolute atomic E-state index is 0.158. The summed E-state index contributed by atoms with van der Waals surface area (Å²) in [4.78, 5) is 0. The highest BCUT2D eigenvalue weighted by molar-refractivity contribution is 8.17. The summed E-state index contributed by atoms with van der Waals surface area (Å²) in [5.74, 6) is 1.86. The molecule has 0 spiro atoms. The Bertz CT molecular complexity index is 197. The highest BCUT2D eigenvalue weighted by Gasteiger charge is 2.31. The van der Waals surface area contributed by atoms with Crippen LogP contribution in [-0.2, 0) is 0 Å². The van der Waals surface area contributed by atoms with Gasteiger partial charge >= 0.3 is 0 Å². The van der Waals surface area contributed by atoms with Crippen LogP contribution in [-0.4, -0.2) is 61.4 Å². The van der Waals surface area contributed by atoms with Crippen LogP contribution in [0.1, 0.15) is 39.5 Å². The second-order valence-electron chi connectivity index (χ2n) is 4.55. The third-order valence-corrected chi connectivity index (χ3v) is 5.85. The minimum Gasteiger partial charge on any atom is -0.394 e. The van der Waals surface area contributed by atoms with Crippen LogP contribution >= 0.6 is 23.5 Å². The van der Waals surface area contributed by atoms with Crippen molar-refractivity contribution >= 4 is 23.5 Å². The summed E-state index contributed by atoms with van der Waals surface area (Å²) in [5.41, 5.74) is 0. The topological polar surface area (TPSA) is 80.9 Å². The van der Waals surface area contributed by atoms with Crippen molar-refractivity contribution < 1.29 is 20.4 Å². The normalized spacial score (nSPS) is 16.6. The molecule has 0 aromatic heterocycles. The van der Waals surface area contributed by atoms with E-state index in [1.54, 1.807) is 23.5 Å². The van der Waals surface area contributed by atoms with Crippen molar-refractivity contribution in [1.82, 2.24) is 0 Å². The Balaban J connectivity index is 4.33. The Labute approximate surface area is 125 Å². The molecule has 0 radical (unpaired) electrons. The first kappa shape index (κ1) is 19.5. The molecule has 0 fully saturated rings. The van der Waals surface area contributed by atoms with Gasteiger partial charge in [0.15, 0.2) is 0 Å². The number of unbranched alkanes of at least 4 members (excludes halogenated alkanes) is 2. The van der Waals surface area contributed by atoms with Crippen molar-refractivity contribution in [2.24, 2.45) is 0 Å². The fourth-order valence-electron chi connectivity index (χ4n) is 1.43. The number of hydrogen-bond acceptors (Lipinski definition) is 6. The van der Waals surface area contributed by atoms with Crippen molar-refractivity contribution in [2.75, 3.05) is 18.1 Å².